The summed E-state index contributed by atoms with van der Waals surface area (Å²) in [4.78, 5) is 18.8. The lowest BCUT2D eigenvalue weighted by atomic mass is 10.2. The fourth-order valence-electron chi connectivity index (χ4n) is 2.90. The normalized spacial score (nSPS) is 20.0. The summed E-state index contributed by atoms with van der Waals surface area (Å²) in [6, 6.07) is 4.44. The molecule has 1 aromatic rings. The van der Waals surface area contributed by atoms with Gasteiger partial charge in [0.05, 0.1) is 0 Å². The molecule has 2 saturated heterocycles. The number of halogens is 2. The molecular weight excluding hydrogens is 367 g/mol. The van der Waals surface area contributed by atoms with Gasteiger partial charge in [-0.1, -0.05) is 6.07 Å². The topological polar surface area (TPSA) is 57.3 Å². The van der Waals surface area contributed by atoms with Gasteiger partial charge in [-0.15, -0.1) is 24.8 Å². The van der Waals surface area contributed by atoms with E-state index in [9.17, 15) is 4.79 Å². The van der Waals surface area contributed by atoms with E-state index in [1.165, 1.54) is 12.8 Å². The zero-order valence-electron chi connectivity index (χ0n) is 13.7. The Labute approximate surface area is 160 Å². The smallest absolute Gasteiger partial charge is 0.221 e. The number of anilines is 1. The number of hydrogen-bond donors (Lipinski definition) is 2. The van der Waals surface area contributed by atoms with E-state index < -0.39 is 0 Å². The Morgan fingerprint density at radius 1 is 1.33 bits per heavy atom. The number of carbonyl (C=O) groups excluding carboxylic acids is 1. The summed E-state index contributed by atoms with van der Waals surface area (Å²) in [6.45, 7) is 3.78. The molecule has 2 aliphatic heterocycles. The summed E-state index contributed by atoms with van der Waals surface area (Å²) < 4.78 is 0. The quantitative estimate of drug-likeness (QED) is 0.804. The minimum absolute atomic E-state index is 0. The molecule has 24 heavy (non-hydrogen) atoms. The Kier molecular flexibility index (Phi) is 9.81. The van der Waals surface area contributed by atoms with E-state index in [2.05, 4.69) is 32.7 Å². The van der Waals surface area contributed by atoms with Crippen LogP contribution in [0.25, 0.3) is 0 Å². The van der Waals surface area contributed by atoms with E-state index in [1.54, 1.807) is 0 Å². The molecule has 0 radical (unpaired) electrons. The molecule has 0 bridgehead atoms. The molecule has 136 valence electrons. The monoisotopic (exact) mass is 392 g/mol. The third-order valence-electron chi connectivity index (χ3n) is 4.16. The minimum Gasteiger partial charge on any atom is -0.357 e. The van der Waals surface area contributed by atoms with Gasteiger partial charge >= 0.3 is 0 Å². The minimum atomic E-state index is 0. The molecule has 0 aromatic carbocycles. The van der Waals surface area contributed by atoms with Crippen molar-refractivity contribution in [2.24, 2.45) is 0 Å². The van der Waals surface area contributed by atoms with E-state index in [-0.39, 0.29) is 30.7 Å². The zero-order valence-corrected chi connectivity index (χ0v) is 16.2. The van der Waals surface area contributed by atoms with Gasteiger partial charge in [0.2, 0.25) is 5.91 Å². The summed E-state index contributed by atoms with van der Waals surface area (Å²) in [5.41, 5.74) is 1.06. The van der Waals surface area contributed by atoms with Crippen molar-refractivity contribution in [3.63, 3.8) is 0 Å². The Hall–Kier alpha value is -0.690. The summed E-state index contributed by atoms with van der Waals surface area (Å²) in [5, 5.41) is 6.38. The van der Waals surface area contributed by atoms with Crippen LogP contribution in [0.5, 0.6) is 0 Å². The molecule has 2 N–H and O–H groups in total. The first-order valence-electron chi connectivity index (χ1n) is 8.09. The lowest BCUT2D eigenvalue weighted by molar-refractivity contribution is -0.121. The summed E-state index contributed by atoms with van der Waals surface area (Å²) in [6.07, 6.45) is 4.95. The van der Waals surface area contributed by atoms with E-state index in [4.69, 9.17) is 0 Å². The van der Waals surface area contributed by atoms with Gasteiger partial charge in [-0.05, 0) is 24.5 Å². The highest BCUT2D eigenvalue weighted by Crippen LogP contribution is 2.17. The van der Waals surface area contributed by atoms with Gasteiger partial charge in [0.25, 0.3) is 0 Å². The maximum absolute atomic E-state index is 12.0. The number of amides is 1. The first-order valence-corrected chi connectivity index (χ1v) is 9.24. The SMILES string of the molecule is Cl.Cl.O=C(CC1CSCCN1)NCc1ccc(N2CCCC2)nc1. The molecule has 3 rings (SSSR count). The molecule has 0 aliphatic carbocycles. The van der Waals surface area contributed by atoms with Crippen molar-refractivity contribution in [1.82, 2.24) is 15.6 Å². The number of thioether (sulfide) groups is 1. The second-order valence-corrected chi connectivity index (χ2v) is 7.08. The van der Waals surface area contributed by atoms with E-state index in [1.807, 2.05) is 18.0 Å². The third kappa shape index (κ3) is 6.31. The number of carbonyl (C=O) groups is 1. The zero-order chi connectivity index (χ0) is 15.2. The first-order chi connectivity index (χ1) is 10.8. The molecule has 1 amide bonds. The largest absolute Gasteiger partial charge is 0.357 e. The Morgan fingerprint density at radius 3 is 2.75 bits per heavy atom. The van der Waals surface area contributed by atoms with Crippen LogP contribution in [0.2, 0.25) is 0 Å². The lowest BCUT2D eigenvalue weighted by Gasteiger charge is -2.22. The van der Waals surface area contributed by atoms with Crippen LogP contribution in [0, 0.1) is 0 Å². The molecule has 2 aliphatic rings. The van der Waals surface area contributed by atoms with Crippen molar-refractivity contribution < 1.29 is 4.79 Å². The molecule has 8 heteroatoms. The van der Waals surface area contributed by atoms with Gasteiger partial charge < -0.3 is 15.5 Å². The first kappa shape index (κ1) is 21.4. The van der Waals surface area contributed by atoms with Crippen LogP contribution in [-0.2, 0) is 11.3 Å². The molecule has 5 nitrogen and oxygen atoms in total. The summed E-state index contributed by atoms with van der Waals surface area (Å²) in [7, 11) is 0. The van der Waals surface area contributed by atoms with E-state index in [0.717, 1.165) is 42.5 Å². The van der Waals surface area contributed by atoms with E-state index in [0.29, 0.717) is 19.0 Å². The second-order valence-electron chi connectivity index (χ2n) is 5.93. The van der Waals surface area contributed by atoms with Crippen molar-refractivity contribution in [2.45, 2.75) is 31.8 Å². The molecular formula is C16H26Cl2N4OS. The highest BCUT2D eigenvalue weighted by Gasteiger charge is 2.16. The van der Waals surface area contributed by atoms with Crippen molar-refractivity contribution >= 4 is 48.3 Å². The summed E-state index contributed by atoms with van der Waals surface area (Å²) in [5.74, 6) is 3.34. The van der Waals surface area contributed by atoms with Gasteiger partial charge in [0, 0.05) is 56.3 Å². The molecule has 2 fully saturated rings. The van der Waals surface area contributed by atoms with Gasteiger partial charge in [-0.2, -0.15) is 11.8 Å². The number of aromatic nitrogens is 1. The second kappa shape index (κ2) is 11.0. The molecule has 3 heterocycles. The fourth-order valence-corrected chi connectivity index (χ4v) is 3.85. The van der Waals surface area contributed by atoms with Crippen molar-refractivity contribution in [2.75, 3.05) is 36.0 Å². The number of pyridine rings is 1. The standard InChI is InChI=1S/C16H24N4OS.2ClH/c21-16(9-14-12-22-8-5-17-14)19-11-13-3-4-15(18-10-13)20-6-1-2-7-20;;/h3-4,10,14,17H,1-2,5-9,11-12H2,(H,19,21);2*1H. The lowest BCUT2D eigenvalue weighted by Crippen LogP contribution is -2.41. The van der Waals surface area contributed by atoms with Crippen LogP contribution in [0.15, 0.2) is 18.3 Å². The molecule has 1 unspecified atom stereocenters. The van der Waals surface area contributed by atoms with Crippen molar-refractivity contribution in [1.29, 1.82) is 0 Å². The van der Waals surface area contributed by atoms with Gasteiger partial charge in [0.15, 0.2) is 0 Å². The molecule has 0 saturated carbocycles. The summed E-state index contributed by atoms with van der Waals surface area (Å²) >= 11 is 1.92. The third-order valence-corrected chi connectivity index (χ3v) is 5.29. The molecule has 0 spiro atoms. The number of nitrogens with zero attached hydrogens (tertiary/aromatic N) is 2. The maximum atomic E-state index is 12.0. The highest BCUT2D eigenvalue weighted by atomic mass is 35.5. The van der Waals surface area contributed by atoms with Crippen LogP contribution in [0.4, 0.5) is 5.82 Å². The van der Waals surface area contributed by atoms with Crippen molar-refractivity contribution in [3.05, 3.63) is 23.9 Å². The highest BCUT2D eigenvalue weighted by molar-refractivity contribution is 7.99. The van der Waals surface area contributed by atoms with Crippen molar-refractivity contribution in [3.8, 4) is 0 Å². The Morgan fingerprint density at radius 2 is 2.12 bits per heavy atom. The average Bonchev–Trinajstić information content (AvgIpc) is 3.09. The predicted molar refractivity (Wildman–Crippen MR) is 106 cm³/mol. The van der Waals surface area contributed by atoms with Gasteiger partial charge in [0.1, 0.15) is 5.82 Å². The van der Waals surface area contributed by atoms with Crippen LogP contribution in [0.1, 0.15) is 24.8 Å². The number of nitrogens with one attached hydrogen (secondary N) is 2. The van der Waals surface area contributed by atoms with Gasteiger partial charge in [-0.3, -0.25) is 4.79 Å². The predicted octanol–water partition coefficient (Wildman–Crippen LogP) is 2.24. The molecule has 1 atom stereocenters. The number of rotatable bonds is 5. The van der Waals surface area contributed by atoms with Crippen LogP contribution in [-0.4, -0.2) is 48.1 Å². The van der Waals surface area contributed by atoms with Gasteiger partial charge in [-0.25, -0.2) is 4.98 Å². The van der Waals surface area contributed by atoms with Crippen LogP contribution >= 0.6 is 36.6 Å². The fraction of sp³-hybridized carbons (Fsp3) is 0.625. The van der Waals surface area contributed by atoms with Crippen LogP contribution < -0.4 is 15.5 Å². The average molecular weight is 393 g/mol. The maximum Gasteiger partial charge on any atom is 0.221 e. The Bertz CT molecular complexity index is 491. The van der Waals surface area contributed by atoms with Crippen LogP contribution in [0.3, 0.4) is 0 Å². The Balaban J connectivity index is 0.00000144. The molecule has 1 aromatic heterocycles. The number of hydrogen-bond acceptors (Lipinski definition) is 5. The van der Waals surface area contributed by atoms with E-state index >= 15 is 0 Å².